The lowest BCUT2D eigenvalue weighted by molar-refractivity contribution is 0.162. The second-order valence-corrected chi connectivity index (χ2v) is 6.11. The number of amides is 2. The van der Waals surface area contributed by atoms with E-state index in [1.807, 2.05) is 25.1 Å². The van der Waals surface area contributed by atoms with Gasteiger partial charge in [0.05, 0.1) is 29.7 Å². The van der Waals surface area contributed by atoms with E-state index in [-0.39, 0.29) is 12.6 Å². The number of aromatic amines is 1. The zero-order valence-corrected chi connectivity index (χ0v) is 12.8. The molecule has 0 unspecified atom stereocenters. The number of H-pyrrole nitrogens is 1. The van der Waals surface area contributed by atoms with Crippen LogP contribution in [0.1, 0.15) is 37.1 Å². The van der Waals surface area contributed by atoms with Crippen molar-refractivity contribution in [3.05, 3.63) is 29.6 Å². The molecular weight excluding hydrogens is 280 g/mol. The molecule has 1 fully saturated rings. The Morgan fingerprint density at radius 3 is 2.86 bits per heavy atom. The number of fused-ring (bicyclic) bond motifs is 1. The van der Waals surface area contributed by atoms with Gasteiger partial charge in [0.1, 0.15) is 5.82 Å². The average Bonchev–Trinajstić information content (AvgIpc) is 3.13. The monoisotopic (exact) mass is 302 g/mol. The van der Waals surface area contributed by atoms with Gasteiger partial charge in [0, 0.05) is 0 Å². The van der Waals surface area contributed by atoms with E-state index in [0.29, 0.717) is 6.54 Å². The third-order valence-corrected chi connectivity index (χ3v) is 4.42. The topological polar surface area (TPSA) is 90.0 Å². The number of imidazole rings is 1. The van der Waals surface area contributed by atoms with Crippen LogP contribution >= 0.6 is 0 Å². The van der Waals surface area contributed by atoms with E-state index in [9.17, 15) is 9.90 Å². The number of para-hydroxylation sites is 1. The summed E-state index contributed by atoms with van der Waals surface area (Å²) in [7, 11) is 0. The molecule has 1 aromatic carbocycles. The van der Waals surface area contributed by atoms with Crippen molar-refractivity contribution in [3.63, 3.8) is 0 Å². The number of carbonyl (C=O) groups is 1. The van der Waals surface area contributed by atoms with E-state index in [1.165, 1.54) is 0 Å². The van der Waals surface area contributed by atoms with Crippen molar-refractivity contribution >= 4 is 17.1 Å². The number of hydrogen-bond acceptors (Lipinski definition) is 3. The van der Waals surface area contributed by atoms with Gasteiger partial charge in [-0.1, -0.05) is 25.0 Å². The average molecular weight is 302 g/mol. The van der Waals surface area contributed by atoms with Crippen molar-refractivity contribution in [3.8, 4) is 0 Å². The van der Waals surface area contributed by atoms with Crippen LogP contribution < -0.4 is 10.6 Å². The smallest absolute Gasteiger partial charge is 0.315 e. The Labute approximate surface area is 129 Å². The van der Waals surface area contributed by atoms with Crippen molar-refractivity contribution in [2.75, 3.05) is 6.61 Å². The molecule has 0 bridgehead atoms. The number of carbonyl (C=O) groups excluding carboxylic acids is 1. The first-order chi connectivity index (χ1) is 10.6. The molecule has 118 valence electrons. The van der Waals surface area contributed by atoms with Crippen molar-refractivity contribution in [1.82, 2.24) is 20.6 Å². The molecule has 3 rings (SSSR count). The number of hydrogen-bond donors (Lipinski definition) is 4. The minimum absolute atomic E-state index is 0.00967. The predicted molar refractivity (Wildman–Crippen MR) is 84.5 cm³/mol. The molecule has 2 aromatic rings. The number of benzene rings is 1. The second kappa shape index (κ2) is 5.96. The lowest BCUT2D eigenvalue weighted by Crippen LogP contribution is -2.52. The third-order valence-electron chi connectivity index (χ3n) is 4.42. The number of aryl methyl sites for hydroxylation is 1. The fourth-order valence-corrected chi connectivity index (χ4v) is 3.13. The van der Waals surface area contributed by atoms with Gasteiger partial charge in [0.15, 0.2) is 0 Å². The number of nitrogens with zero attached hydrogens (tertiary/aromatic N) is 1. The summed E-state index contributed by atoms with van der Waals surface area (Å²) in [4.78, 5) is 19.8. The molecule has 6 heteroatoms. The standard InChI is InChI=1S/C16H22N4O2/c1-11-5-4-6-12-14(11)19-13(18-12)9-17-15(22)20-16(10-21)7-2-3-8-16/h4-6,21H,2-3,7-10H2,1H3,(H,18,19)(H2,17,20,22). The van der Waals surface area contributed by atoms with Crippen molar-refractivity contribution in [2.24, 2.45) is 0 Å². The molecule has 4 N–H and O–H groups in total. The molecule has 1 aliphatic carbocycles. The van der Waals surface area contributed by atoms with E-state index in [4.69, 9.17) is 0 Å². The van der Waals surface area contributed by atoms with E-state index in [0.717, 1.165) is 48.1 Å². The molecule has 0 spiro atoms. The third kappa shape index (κ3) is 2.92. The van der Waals surface area contributed by atoms with Crippen LogP contribution in [-0.2, 0) is 6.54 Å². The SMILES string of the molecule is Cc1cccc2[nH]c(CNC(=O)NC3(CO)CCCC3)nc12. The number of rotatable bonds is 4. The quantitative estimate of drug-likeness (QED) is 0.696. The molecule has 2 amide bonds. The lowest BCUT2D eigenvalue weighted by atomic mass is 9.99. The maximum atomic E-state index is 12.0. The molecule has 1 aromatic heterocycles. The Balaban J connectivity index is 1.61. The normalized spacial score (nSPS) is 16.8. The van der Waals surface area contributed by atoms with E-state index < -0.39 is 5.54 Å². The van der Waals surface area contributed by atoms with E-state index in [2.05, 4.69) is 20.6 Å². The highest BCUT2D eigenvalue weighted by Crippen LogP contribution is 2.28. The molecule has 1 heterocycles. The van der Waals surface area contributed by atoms with E-state index in [1.54, 1.807) is 0 Å². The first-order valence-electron chi connectivity index (χ1n) is 7.73. The molecule has 1 saturated carbocycles. The first kappa shape index (κ1) is 14.8. The largest absolute Gasteiger partial charge is 0.394 e. The van der Waals surface area contributed by atoms with Crippen LogP contribution in [0, 0.1) is 6.92 Å². The number of nitrogens with one attached hydrogen (secondary N) is 3. The minimum Gasteiger partial charge on any atom is -0.394 e. The summed E-state index contributed by atoms with van der Waals surface area (Å²) in [6, 6.07) is 5.70. The summed E-state index contributed by atoms with van der Waals surface area (Å²) in [5, 5.41) is 15.2. The van der Waals surface area contributed by atoms with Crippen molar-refractivity contribution in [2.45, 2.75) is 44.7 Å². The molecule has 0 aliphatic heterocycles. The van der Waals surface area contributed by atoms with Gasteiger partial charge in [-0.3, -0.25) is 0 Å². The number of urea groups is 1. The zero-order chi connectivity index (χ0) is 15.6. The van der Waals surface area contributed by atoms with Crippen LogP contribution in [-0.4, -0.2) is 33.3 Å². The van der Waals surface area contributed by atoms with Gasteiger partial charge in [0.2, 0.25) is 0 Å². The fraction of sp³-hybridized carbons (Fsp3) is 0.500. The highest BCUT2D eigenvalue weighted by molar-refractivity contribution is 5.79. The molecule has 22 heavy (non-hydrogen) atoms. The summed E-state index contributed by atoms with van der Waals surface area (Å²) < 4.78 is 0. The van der Waals surface area contributed by atoms with E-state index >= 15 is 0 Å². The summed E-state index contributed by atoms with van der Waals surface area (Å²) >= 11 is 0. The summed E-state index contributed by atoms with van der Waals surface area (Å²) in [6.45, 7) is 2.34. The highest BCUT2D eigenvalue weighted by Gasteiger charge is 2.34. The maximum absolute atomic E-state index is 12.0. The van der Waals surface area contributed by atoms with Crippen LogP contribution in [0.3, 0.4) is 0 Å². The molecule has 0 atom stereocenters. The fourth-order valence-electron chi connectivity index (χ4n) is 3.13. The molecule has 0 radical (unpaired) electrons. The Bertz CT molecular complexity index is 674. The van der Waals surface area contributed by atoms with Crippen LogP contribution in [0.4, 0.5) is 4.79 Å². The van der Waals surface area contributed by atoms with Gasteiger partial charge in [0.25, 0.3) is 0 Å². The van der Waals surface area contributed by atoms with Crippen LogP contribution in [0.2, 0.25) is 0 Å². The van der Waals surface area contributed by atoms with Gasteiger partial charge in [-0.15, -0.1) is 0 Å². The summed E-state index contributed by atoms with van der Waals surface area (Å²) in [5.74, 6) is 0.726. The predicted octanol–water partition coefficient (Wildman–Crippen LogP) is 1.98. The Morgan fingerprint density at radius 1 is 1.41 bits per heavy atom. The Hall–Kier alpha value is -2.08. The van der Waals surface area contributed by atoms with Crippen molar-refractivity contribution < 1.29 is 9.90 Å². The maximum Gasteiger partial charge on any atom is 0.315 e. The summed E-state index contributed by atoms with van der Waals surface area (Å²) in [6.07, 6.45) is 3.76. The lowest BCUT2D eigenvalue weighted by Gasteiger charge is -2.27. The van der Waals surface area contributed by atoms with Crippen LogP contribution in [0.25, 0.3) is 11.0 Å². The first-order valence-corrected chi connectivity index (χ1v) is 7.73. The van der Waals surface area contributed by atoms with Crippen LogP contribution in [0.15, 0.2) is 18.2 Å². The van der Waals surface area contributed by atoms with Gasteiger partial charge in [-0.2, -0.15) is 0 Å². The number of aliphatic hydroxyl groups is 1. The molecule has 1 aliphatic rings. The van der Waals surface area contributed by atoms with Gasteiger partial charge < -0.3 is 20.7 Å². The zero-order valence-electron chi connectivity index (χ0n) is 12.8. The Kier molecular flexibility index (Phi) is 4.02. The van der Waals surface area contributed by atoms with Gasteiger partial charge in [-0.05, 0) is 31.4 Å². The second-order valence-electron chi connectivity index (χ2n) is 6.11. The minimum atomic E-state index is -0.450. The van der Waals surface area contributed by atoms with Crippen molar-refractivity contribution in [1.29, 1.82) is 0 Å². The van der Waals surface area contributed by atoms with Crippen LogP contribution in [0.5, 0.6) is 0 Å². The van der Waals surface area contributed by atoms with Gasteiger partial charge in [-0.25, -0.2) is 9.78 Å². The number of aromatic nitrogens is 2. The Morgan fingerprint density at radius 2 is 2.18 bits per heavy atom. The highest BCUT2D eigenvalue weighted by atomic mass is 16.3. The molecular formula is C16H22N4O2. The molecule has 6 nitrogen and oxygen atoms in total. The summed E-state index contributed by atoms with van der Waals surface area (Å²) in [5.41, 5.74) is 2.56. The number of aliphatic hydroxyl groups excluding tert-OH is 1. The molecule has 0 saturated heterocycles. The van der Waals surface area contributed by atoms with Gasteiger partial charge >= 0.3 is 6.03 Å².